The molecular formula is C17H22BrNO2. The molecule has 0 spiro atoms. The summed E-state index contributed by atoms with van der Waals surface area (Å²) in [5.74, 6) is -0.0872. The molecule has 1 heterocycles. The third kappa shape index (κ3) is 2.64. The van der Waals surface area contributed by atoms with E-state index in [1.54, 1.807) is 0 Å². The molecule has 1 aromatic carbocycles. The maximum absolute atomic E-state index is 11.9. The van der Waals surface area contributed by atoms with Gasteiger partial charge in [-0.3, -0.25) is 4.79 Å². The summed E-state index contributed by atoms with van der Waals surface area (Å²) in [5.41, 5.74) is 1.61. The maximum Gasteiger partial charge on any atom is 0.314 e. The number of likely N-dealkylation sites (N-methyl/N-ethyl adjacent to an activating group) is 1. The van der Waals surface area contributed by atoms with Crippen LogP contribution in [0.2, 0.25) is 0 Å². The molecular weight excluding hydrogens is 330 g/mol. The highest BCUT2D eigenvalue weighted by atomic mass is 79.9. The molecule has 1 aliphatic carbocycles. The topological polar surface area (TPSA) is 40.5 Å². The standard InChI is InChI=1S/C17H22BrNO2/c1-19-10-12(11-19)14-6-5-13(9-15(14)18)17(16(20)21)7-3-2-4-8-17/h5-6,9,12H,2-4,7-8,10-11H2,1H3,(H,20,21). The van der Waals surface area contributed by atoms with Crippen LogP contribution in [0.5, 0.6) is 0 Å². The van der Waals surface area contributed by atoms with E-state index in [0.29, 0.717) is 5.92 Å². The Morgan fingerprint density at radius 1 is 1.29 bits per heavy atom. The summed E-state index contributed by atoms with van der Waals surface area (Å²) >= 11 is 3.67. The molecule has 114 valence electrons. The zero-order chi connectivity index (χ0) is 15.0. The van der Waals surface area contributed by atoms with Crippen molar-refractivity contribution in [2.75, 3.05) is 20.1 Å². The number of hydrogen-bond donors (Lipinski definition) is 1. The van der Waals surface area contributed by atoms with Gasteiger partial charge in [0.25, 0.3) is 0 Å². The van der Waals surface area contributed by atoms with E-state index in [1.165, 1.54) is 5.56 Å². The molecule has 3 rings (SSSR count). The van der Waals surface area contributed by atoms with E-state index in [2.05, 4.69) is 46.1 Å². The molecule has 4 heteroatoms. The minimum absolute atomic E-state index is 0.575. The molecule has 0 bridgehead atoms. The number of hydrogen-bond acceptors (Lipinski definition) is 2. The Labute approximate surface area is 134 Å². The molecule has 21 heavy (non-hydrogen) atoms. The van der Waals surface area contributed by atoms with Gasteiger partial charge in [-0.15, -0.1) is 0 Å². The van der Waals surface area contributed by atoms with Gasteiger partial charge in [0.1, 0.15) is 0 Å². The zero-order valence-electron chi connectivity index (χ0n) is 12.4. The summed E-state index contributed by atoms with van der Waals surface area (Å²) in [4.78, 5) is 14.2. The number of halogens is 1. The van der Waals surface area contributed by atoms with E-state index in [4.69, 9.17) is 0 Å². The molecule has 0 radical (unpaired) electrons. The van der Waals surface area contributed by atoms with Crippen molar-refractivity contribution in [1.82, 2.24) is 4.90 Å². The monoisotopic (exact) mass is 351 g/mol. The molecule has 0 unspecified atom stereocenters. The summed E-state index contributed by atoms with van der Waals surface area (Å²) in [7, 11) is 2.13. The largest absolute Gasteiger partial charge is 0.481 e. The third-order valence-electron chi connectivity index (χ3n) is 5.17. The second kappa shape index (κ2) is 5.73. The van der Waals surface area contributed by atoms with Crippen molar-refractivity contribution in [3.05, 3.63) is 33.8 Å². The fraction of sp³-hybridized carbons (Fsp3) is 0.588. The zero-order valence-corrected chi connectivity index (χ0v) is 14.0. The van der Waals surface area contributed by atoms with E-state index in [0.717, 1.165) is 55.2 Å². The van der Waals surface area contributed by atoms with Crippen LogP contribution < -0.4 is 0 Å². The van der Waals surface area contributed by atoms with Gasteiger partial charge in [-0.1, -0.05) is 47.3 Å². The Morgan fingerprint density at radius 2 is 1.95 bits per heavy atom. The van der Waals surface area contributed by atoms with Crippen LogP contribution in [-0.2, 0) is 10.2 Å². The van der Waals surface area contributed by atoms with E-state index in [9.17, 15) is 9.90 Å². The Balaban J connectivity index is 1.91. The van der Waals surface area contributed by atoms with Crippen molar-refractivity contribution >= 4 is 21.9 Å². The van der Waals surface area contributed by atoms with Crippen molar-refractivity contribution in [2.45, 2.75) is 43.4 Å². The molecule has 0 aromatic heterocycles. The Morgan fingerprint density at radius 3 is 2.48 bits per heavy atom. The molecule has 2 fully saturated rings. The van der Waals surface area contributed by atoms with Crippen LogP contribution in [0.25, 0.3) is 0 Å². The van der Waals surface area contributed by atoms with Crippen LogP contribution in [0.1, 0.15) is 49.1 Å². The Hall–Kier alpha value is -0.870. The number of benzene rings is 1. The summed E-state index contributed by atoms with van der Waals surface area (Å²) in [5, 5.41) is 9.78. The van der Waals surface area contributed by atoms with E-state index < -0.39 is 11.4 Å². The van der Waals surface area contributed by atoms with Crippen molar-refractivity contribution in [1.29, 1.82) is 0 Å². The molecule has 1 aliphatic heterocycles. The first kappa shape index (κ1) is 15.0. The van der Waals surface area contributed by atoms with Crippen molar-refractivity contribution in [3.63, 3.8) is 0 Å². The van der Waals surface area contributed by atoms with Crippen LogP contribution in [0.15, 0.2) is 22.7 Å². The highest BCUT2D eigenvalue weighted by Gasteiger charge is 2.41. The predicted molar refractivity (Wildman–Crippen MR) is 86.8 cm³/mol. The normalized spacial score (nSPS) is 22.8. The minimum Gasteiger partial charge on any atom is -0.481 e. The number of aliphatic carboxylic acids is 1. The van der Waals surface area contributed by atoms with Gasteiger partial charge >= 0.3 is 5.97 Å². The third-order valence-corrected chi connectivity index (χ3v) is 5.86. The lowest BCUT2D eigenvalue weighted by molar-refractivity contribution is -0.145. The van der Waals surface area contributed by atoms with Gasteiger partial charge in [0.15, 0.2) is 0 Å². The highest BCUT2D eigenvalue weighted by Crippen LogP contribution is 2.42. The summed E-state index contributed by atoms with van der Waals surface area (Å²) < 4.78 is 1.07. The van der Waals surface area contributed by atoms with Crippen LogP contribution >= 0.6 is 15.9 Å². The van der Waals surface area contributed by atoms with Gasteiger partial charge < -0.3 is 10.0 Å². The number of rotatable bonds is 3. The van der Waals surface area contributed by atoms with E-state index >= 15 is 0 Å². The van der Waals surface area contributed by atoms with Gasteiger partial charge in [0.05, 0.1) is 5.41 Å². The van der Waals surface area contributed by atoms with Gasteiger partial charge in [0, 0.05) is 23.5 Å². The number of likely N-dealkylation sites (tertiary alicyclic amines) is 1. The molecule has 1 saturated carbocycles. The average molecular weight is 352 g/mol. The molecule has 1 aromatic rings. The minimum atomic E-state index is -0.671. The number of carboxylic acids is 1. The molecule has 2 aliphatic rings. The van der Waals surface area contributed by atoms with Gasteiger partial charge in [0.2, 0.25) is 0 Å². The van der Waals surface area contributed by atoms with Crippen LogP contribution in [-0.4, -0.2) is 36.1 Å². The van der Waals surface area contributed by atoms with Gasteiger partial charge in [-0.25, -0.2) is 0 Å². The predicted octanol–water partition coefficient (Wildman–Crippen LogP) is 3.76. The van der Waals surface area contributed by atoms with E-state index in [-0.39, 0.29) is 0 Å². The Kier molecular flexibility index (Phi) is 4.10. The van der Waals surface area contributed by atoms with Crippen molar-refractivity contribution in [3.8, 4) is 0 Å². The summed E-state index contributed by atoms with van der Waals surface area (Å²) in [6.45, 7) is 2.17. The fourth-order valence-corrected chi connectivity index (χ4v) is 4.54. The molecule has 0 amide bonds. The lowest BCUT2D eigenvalue weighted by atomic mass is 9.69. The first-order chi connectivity index (χ1) is 10.0. The Bertz CT molecular complexity index is 546. The smallest absolute Gasteiger partial charge is 0.314 e. The summed E-state index contributed by atoms with van der Waals surface area (Å²) in [6, 6.07) is 6.25. The second-order valence-electron chi connectivity index (χ2n) is 6.60. The average Bonchev–Trinajstić information content (AvgIpc) is 2.45. The van der Waals surface area contributed by atoms with Crippen molar-refractivity contribution < 1.29 is 9.90 Å². The lowest BCUT2D eigenvalue weighted by Crippen LogP contribution is -2.42. The second-order valence-corrected chi connectivity index (χ2v) is 7.46. The number of carbonyl (C=O) groups is 1. The molecule has 3 nitrogen and oxygen atoms in total. The van der Waals surface area contributed by atoms with Gasteiger partial charge in [-0.05, 0) is 37.1 Å². The van der Waals surface area contributed by atoms with Crippen LogP contribution in [0.3, 0.4) is 0 Å². The molecule has 0 atom stereocenters. The first-order valence-corrected chi connectivity index (χ1v) is 8.54. The SMILES string of the molecule is CN1CC(c2ccc(C3(C(=O)O)CCCCC3)cc2Br)C1. The summed E-state index contributed by atoms with van der Waals surface area (Å²) in [6.07, 6.45) is 4.71. The first-order valence-electron chi connectivity index (χ1n) is 7.75. The fourth-order valence-electron chi connectivity index (χ4n) is 3.83. The van der Waals surface area contributed by atoms with Crippen molar-refractivity contribution in [2.24, 2.45) is 0 Å². The number of carboxylic acid groups (broad SMARTS) is 1. The maximum atomic E-state index is 11.9. The number of nitrogens with zero attached hydrogens (tertiary/aromatic N) is 1. The van der Waals surface area contributed by atoms with Gasteiger partial charge in [-0.2, -0.15) is 0 Å². The van der Waals surface area contributed by atoms with Crippen LogP contribution in [0.4, 0.5) is 0 Å². The van der Waals surface area contributed by atoms with E-state index in [1.807, 2.05) is 0 Å². The lowest BCUT2D eigenvalue weighted by Gasteiger charge is -2.38. The highest BCUT2D eigenvalue weighted by molar-refractivity contribution is 9.10. The molecule has 1 N–H and O–H groups in total. The van der Waals surface area contributed by atoms with Crippen LogP contribution in [0, 0.1) is 0 Å². The molecule has 1 saturated heterocycles. The quantitative estimate of drug-likeness (QED) is 0.900.